The second-order valence-electron chi connectivity index (χ2n) is 7.01. The molecule has 0 N–H and O–H groups in total. The first kappa shape index (κ1) is 16.8. The van der Waals surface area contributed by atoms with Crippen LogP contribution in [0.15, 0.2) is 48.5 Å². The molecule has 1 aliphatic rings. The summed E-state index contributed by atoms with van der Waals surface area (Å²) in [5.74, 6) is 0.695. The van der Waals surface area contributed by atoms with Crippen LogP contribution in [0.4, 0.5) is 4.39 Å². The average Bonchev–Trinajstić information content (AvgIpc) is 3.38. The maximum absolute atomic E-state index is 13.2. The Balaban J connectivity index is 1.59. The van der Waals surface area contributed by atoms with Crippen LogP contribution in [-0.2, 0) is 23.3 Å². The summed E-state index contributed by atoms with van der Waals surface area (Å²) < 4.78 is 15.4. The standard InChI is InChI=1S/C21H22FN3O/c1-3-25-18-7-5-4-6-17(18)23-19(25)14-24(2)20(26)21(12-13-21)15-8-10-16(22)11-9-15/h4-11H,3,12-14H2,1-2H3. The molecule has 134 valence electrons. The fourth-order valence-corrected chi connectivity index (χ4v) is 3.77. The molecule has 26 heavy (non-hydrogen) atoms. The van der Waals surface area contributed by atoms with Gasteiger partial charge in [0.15, 0.2) is 0 Å². The van der Waals surface area contributed by atoms with Gasteiger partial charge < -0.3 is 9.47 Å². The Morgan fingerprint density at radius 1 is 1.19 bits per heavy atom. The fourth-order valence-electron chi connectivity index (χ4n) is 3.77. The number of carbonyl (C=O) groups is 1. The zero-order valence-corrected chi connectivity index (χ0v) is 15.1. The molecule has 0 saturated heterocycles. The first-order valence-corrected chi connectivity index (χ1v) is 9.01. The fraction of sp³-hybridized carbons (Fsp3) is 0.333. The molecule has 5 heteroatoms. The van der Waals surface area contributed by atoms with Crippen molar-refractivity contribution < 1.29 is 9.18 Å². The van der Waals surface area contributed by atoms with Crippen LogP contribution in [0.2, 0.25) is 0 Å². The minimum atomic E-state index is -0.495. The van der Waals surface area contributed by atoms with Crippen molar-refractivity contribution in [3.63, 3.8) is 0 Å². The average molecular weight is 351 g/mol. The number of aromatic nitrogens is 2. The van der Waals surface area contributed by atoms with Crippen molar-refractivity contribution in [3.8, 4) is 0 Å². The predicted octanol–water partition coefficient (Wildman–Crippen LogP) is 3.89. The van der Waals surface area contributed by atoms with E-state index in [1.165, 1.54) is 12.1 Å². The van der Waals surface area contributed by atoms with E-state index in [2.05, 4.69) is 17.6 Å². The number of nitrogens with zero attached hydrogens (tertiary/aromatic N) is 3. The van der Waals surface area contributed by atoms with Crippen LogP contribution in [0.3, 0.4) is 0 Å². The Hall–Kier alpha value is -2.69. The van der Waals surface area contributed by atoms with Gasteiger partial charge in [-0.25, -0.2) is 9.37 Å². The van der Waals surface area contributed by atoms with Gasteiger partial charge in [0.1, 0.15) is 11.6 Å². The Labute approximate surface area is 152 Å². The molecule has 0 unspecified atom stereocenters. The van der Waals surface area contributed by atoms with Crippen molar-refractivity contribution >= 4 is 16.9 Å². The van der Waals surface area contributed by atoms with Gasteiger partial charge in [0.25, 0.3) is 0 Å². The molecule has 0 atom stereocenters. The summed E-state index contributed by atoms with van der Waals surface area (Å²) in [4.78, 5) is 19.6. The van der Waals surface area contributed by atoms with Crippen molar-refractivity contribution in [1.29, 1.82) is 0 Å². The van der Waals surface area contributed by atoms with E-state index >= 15 is 0 Å². The van der Waals surface area contributed by atoms with Crippen molar-refractivity contribution in [2.24, 2.45) is 0 Å². The third-order valence-electron chi connectivity index (χ3n) is 5.33. The number of carbonyl (C=O) groups excluding carboxylic acids is 1. The first-order valence-electron chi connectivity index (χ1n) is 9.01. The van der Waals surface area contributed by atoms with Crippen molar-refractivity contribution in [1.82, 2.24) is 14.5 Å². The van der Waals surface area contributed by atoms with Gasteiger partial charge in [0.05, 0.1) is 23.0 Å². The largest absolute Gasteiger partial charge is 0.338 e. The molecule has 2 aromatic carbocycles. The van der Waals surface area contributed by atoms with Crippen molar-refractivity contribution in [2.45, 2.75) is 38.3 Å². The van der Waals surface area contributed by atoms with Crippen LogP contribution in [-0.4, -0.2) is 27.4 Å². The molecule has 3 aromatic rings. The monoisotopic (exact) mass is 351 g/mol. The molecule has 1 aliphatic carbocycles. The molecular weight excluding hydrogens is 329 g/mol. The molecule has 1 fully saturated rings. The summed E-state index contributed by atoms with van der Waals surface area (Å²) in [6.07, 6.45) is 1.62. The molecule has 4 nitrogen and oxygen atoms in total. The highest BCUT2D eigenvalue weighted by atomic mass is 19.1. The van der Waals surface area contributed by atoms with E-state index in [9.17, 15) is 9.18 Å². The lowest BCUT2D eigenvalue weighted by Gasteiger charge is -2.24. The van der Waals surface area contributed by atoms with Crippen LogP contribution in [0.25, 0.3) is 11.0 Å². The van der Waals surface area contributed by atoms with E-state index in [1.54, 1.807) is 17.0 Å². The molecule has 0 aliphatic heterocycles. The number of hydrogen-bond donors (Lipinski definition) is 0. The van der Waals surface area contributed by atoms with E-state index < -0.39 is 5.41 Å². The molecule has 4 rings (SSSR count). The number of halogens is 1. The highest BCUT2D eigenvalue weighted by Gasteiger charge is 2.52. The number of amides is 1. The van der Waals surface area contributed by atoms with Gasteiger partial charge in [-0.2, -0.15) is 0 Å². The molecule has 1 amide bonds. The summed E-state index contributed by atoms with van der Waals surface area (Å²) in [6, 6.07) is 14.3. The molecule has 0 radical (unpaired) electrons. The van der Waals surface area contributed by atoms with E-state index in [0.29, 0.717) is 6.54 Å². The van der Waals surface area contributed by atoms with Crippen LogP contribution in [0.1, 0.15) is 31.2 Å². The molecule has 0 spiro atoms. The number of benzene rings is 2. The summed E-state index contributed by atoms with van der Waals surface area (Å²) in [5.41, 5.74) is 2.45. The topological polar surface area (TPSA) is 38.1 Å². The number of likely N-dealkylation sites (N-methyl/N-ethyl adjacent to an activating group) is 1. The van der Waals surface area contributed by atoms with Crippen LogP contribution in [0, 0.1) is 5.82 Å². The summed E-state index contributed by atoms with van der Waals surface area (Å²) in [6.45, 7) is 3.35. The lowest BCUT2D eigenvalue weighted by atomic mass is 9.94. The summed E-state index contributed by atoms with van der Waals surface area (Å²) in [5, 5.41) is 0. The Kier molecular flexibility index (Phi) is 4.02. The minimum Gasteiger partial charge on any atom is -0.338 e. The third-order valence-corrected chi connectivity index (χ3v) is 5.33. The molecule has 1 saturated carbocycles. The highest BCUT2D eigenvalue weighted by molar-refractivity contribution is 5.91. The van der Waals surface area contributed by atoms with Gasteiger partial charge in [-0.15, -0.1) is 0 Å². The summed E-state index contributed by atoms with van der Waals surface area (Å²) in [7, 11) is 1.82. The van der Waals surface area contributed by atoms with Crippen molar-refractivity contribution in [3.05, 3.63) is 65.7 Å². The van der Waals surface area contributed by atoms with Crippen LogP contribution in [0.5, 0.6) is 0 Å². The van der Waals surface area contributed by atoms with Gasteiger partial charge in [0.2, 0.25) is 5.91 Å². The lowest BCUT2D eigenvalue weighted by molar-refractivity contribution is -0.133. The quantitative estimate of drug-likeness (QED) is 0.699. The number of para-hydroxylation sites is 2. The Morgan fingerprint density at radius 2 is 1.88 bits per heavy atom. The second-order valence-corrected chi connectivity index (χ2v) is 7.01. The number of imidazole rings is 1. The zero-order valence-electron chi connectivity index (χ0n) is 15.1. The van der Waals surface area contributed by atoms with Crippen LogP contribution >= 0.6 is 0 Å². The minimum absolute atomic E-state index is 0.0822. The van der Waals surface area contributed by atoms with Gasteiger partial charge in [-0.1, -0.05) is 24.3 Å². The van der Waals surface area contributed by atoms with E-state index in [4.69, 9.17) is 4.98 Å². The van der Waals surface area contributed by atoms with E-state index in [0.717, 1.165) is 41.8 Å². The Morgan fingerprint density at radius 3 is 2.54 bits per heavy atom. The Bertz CT molecular complexity index is 957. The summed E-state index contributed by atoms with van der Waals surface area (Å²) >= 11 is 0. The van der Waals surface area contributed by atoms with E-state index in [1.807, 2.05) is 25.2 Å². The zero-order chi connectivity index (χ0) is 18.3. The second kappa shape index (κ2) is 6.24. The third kappa shape index (κ3) is 2.68. The van der Waals surface area contributed by atoms with Gasteiger partial charge >= 0.3 is 0 Å². The lowest BCUT2D eigenvalue weighted by Crippen LogP contribution is -2.36. The molecular formula is C21H22FN3O. The SMILES string of the molecule is CCn1c(CN(C)C(=O)C2(c3ccc(F)cc3)CC2)nc2ccccc21. The normalized spacial score (nSPS) is 15.2. The smallest absolute Gasteiger partial charge is 0.233 e. The number of hydrogen-bond acceptors (Lipinski definition) is 2. The van der Waals surface area contributed by atoms with Gasteiger partial charge in [-0.3, -0.25) is 4.79 Å². The molecule has 1 heterocycles. The first-order chi connectivity index (χ1) is 12.5. The van der Waals surface area contributed by atoms with Crippen LogP contribution < -0.4 is 0 Å². The predicted molar refractivity (Wildman–Crippen MR) is 99.2 cm³/mol. The number of aryl methyl sites for hydroxylation is 1. The maximum atomic E-state index is 13.2. The number of rotatable bonds is 5. The van der Waals surface area contributed by atoms with Gasteiger partial charge in [-0.05, 0) is 49.6 Å². The number of fused-ring (bicyclic) bond motifs is 1. The van der Waals surface area contributed by atoms with E-state index in [-0.39, 0.29) is 11.7 Å². The molecule has 0 bridgehead atoms. The van der Waals surface area contributed by atoms with Gasteiger partial charge in [0, 0.05) is 13.6 Å². The highest BCUT2D eigenvalue weighted by Crippen LogP contribution is 2.49. The maximum Gasteiger partial charge on any atom is 0.233 e. The molecule has 1 aromatic heterocycles. The van der Waals surface area contributed by atoms with Crippen molar-refractivity contribution in [2.75, 3.05) is 7.05 Å².